The first kappa shape index (κ1) is 16.4. The van der Waals surface area contributed by atoms with E-state index in [1.807, 2.05) is 25.1 Å². The second-order valence-corrected chi connectivity index (χ2v) is 5.48. The molecule has 1 heterocycles. The van der Waals surface area contributed by atoms with Crippen LogP contribution in [-0.4, -0.2) is 36.1 Å². The summed E-state index contributed by atoms with van der Waals surface area (Å²) in [5.41, 5.74) is 2.10. The number of rotatable bonds is 6. The van der Waals surface area contributed by atoms with Crippen LogP contribution < -0.4 is 10.6 Å². The quantitative estimate of drug-likeness (QED) is 0.770. The molecule has 2 N–H and O–H groups in total. The van der Waals surface area contributed by atoms with E-state index < -0.39 is 0 Å². The molecular weight excluding hydrogens is 348 g/mol. The van der Waals surface area contributed by atoms with Crippen LogP contribution in [0.4, 0.5) is 11.6 Å². The van der Waals surface area contributed by atoms with Crippen molar-refractivity contribution in [2.45, 2.75) is 6.92 Å². The summed E-state index contributed by atoms with van der Waals surface area (Å²) in [6.07, 6.45) is 1.54. The molecule has 116 valence electrons. The number of anilines is 2. The standard InChI is InChI=1S/C15H17BrN4O2/c1-10-3-4-12(11(16)9-10)19-14(21)13-5-6-17-15(20-13)18-7-8-22-2/h3-6,9H,7-8H2,1-2H3,(H,19,21)(H,17,18,20). The third kappa shape index (κ3) is 4.51. The van der Waals surface area contributed by atoms with Crippen molar-refractivity contribution in [3.63, 3.8) is 0 Å². The van der Waals surface area contributed by atoms with Gasteiger partial charge in [0.1, 0.15) is 5.69 Å². The topological polar surface area (TPSA) is 76.1 Å². The predicted molar refractivity (Wildman–Crippen MR) is 89.2 cm³/mol. The van der Waals surface area contributed by atoms with Crippen LogP contribution in [0.3, 0.4) is 0 Å². The van der Waals surface area contributed by atoms with Gasteiger partial charge >= 0.3 is 0 Å². The van der Waals surface area contributed by atoms with Crippen molar-refractivity contribution < 1.29 is 9.53 Å². The number of aromatic nitrogens is 2. The van der Waals surface area contributed by atoms with Crippen LogP contribution >= 0.6 is 15.9 Å². The Morgan fingerprint density at radius 2 is 2.18 bits per heavy atom. The number of hydrogen-bond donors (Lipinski definition) is 2. The van der Waals surface area contributed by atoms with Gasteiger partial charge in [-0.15, -0.1) is 0 Å². The van der Waals surface area contributed by atoms with Gasteiger partial charge in [-0.3, -0.25) is 4.79 Å². The monoisotopic (exact) mass is 364 g/mol. The summed E-state index contributed by atoms with van der Waals surface area (Å²) in [5.74, 6) is 0.106. The summed E-state index contributed by atoms with van der Waals surface area (Å²) in [7, 11) is 1.62. The average Bonchev–Trinajstić information content (AvgIpc) is 2.50. The summed E-state index contributed by atoms with van der Waals surface area (Å²) in [4.78, 5) is 20.5. The van der Waals surface area contributed by atoms with Crippen molar-refractivity contribution in [2.75, 3.05) is 30.9 Å². The maximum atomic E-state index is 12.3. The maximum absolute atomic E-state index is 12.3. The summed E-state index contributed by atoms with van der Waals surface area (Å²) < 4.78 is 5.77. The molecule has 0 spiro atoms. The summed E-state index contributed by atoms with van der Waals surface area (Å²) >= 11 is 3.43. The molecule has 0 radical (unpaired) electrons. The Kier molecular flexibility index (Phi) is 5.85. The Labute approximate surface area is 137 Å². The average molecular weight is 365 g/mol. The van der Waals surface area contributed by atoms with Crippen LogP contribution in [-0.2, 0) is 4.74 Å². The first-order valence-electron chi connectivity index (χ1n) is 6.73. The Morgan fingerprint density at radius 3 is 2.91 bits per heavy atom. The van der Waals surface area contributed by atoms with Crippen LogP contribution in [0, 0.1) is 6.92 Å². The van der Waals surface area contributed by atoms with Gasteiger partial charge in [0.2, 0.25) is 5.95 Å². The number of methoxy groups -OCH3 is 1. The van der Waals surface area contributed by atoms with Gasteiger partial charge in [-0.05, 0) is 46.6 Å². The number of nitrogens with one attached hydrogen (secondary N) is 2. The molecule has 2 aromatic rings. The fourth-order valence-electron chi connectivity index (χ4n) is 1.74. The largest absolute Gasteiger partial charge is 0.383 e. The minimum absolute atomic E-state index is 0.290. The fourth-order valence-corrected chi connectivity index (χ4v) is 2.34. The van der Waals surface area contributed by atoms with Crippen molar-refractivity contribution in [1.29, 1.82) is 0 Å². The van der Waals surface area contributed by atoms with Crippen LogP contribution in [0.5, 0.6) is 0 Å². The number of carbonyl (C=O) groups excluding carboxylic acids is 1. The zero-order chi connectivity index (χ0) is 15.9. The molecule has 0 atom stereocenters. The molecule has 22 heavy (non-hydrogen) atoms. The summed E-state index contributed by atoms with van der Waals surface area (Å²) in [6.45, 7) is 3.10. The normalized spacial score (nSPS) is 10.3. The first-order chi connectivity index (χ1) is 10.6. The van der Waals surface area contributed by atoms with E-state index in [1.54, 1.807) is 19.4 Å². The first-order valence-corrected chi connectivity index (χ1v) is 7.53. The Morgan fingerprint density at radius 1 is 1.36 bits per heavy atom. The highest BCUT2D eigenvalue weighted by Gasteiger charge is 2.11. The van der Waals surface area contributed by atoms with Gasteiger partial charge in [0.05, 0.1) is 12.3 Å². The molecule has 1 aromatic heterocycles. The van der Waals surface area contributed by atoms with Gasteiger partial charge in [0, 0.05) is 24.3 Å². The number of halogens is 1. The lowest BCUT2D eigenvalue weighted by molar-refractivity contribution is 0.102. The van der Waals surface area contributed by atoms with Gasteiger partial charge in [0.15, 0.2) is 0 Å². The SMILES string of the molecule is COCCNc1nccc(C(=O)Nc2ccc(C)cc2Br)n1. The molecule has 0 aliphatic heterocycles. The van der Waals surface area contributed by atoms with Crippen molar-refractivity contribution in [1.82, 2.24) is 9.97 Å². The van der Waals surface area contributed by atoms with Gasteiger partial charge in [-0.25, -0.2) is 9.97 Å². The molecule has 1 aromatic carbocycles. The number of ether oxygens (including phenoxy) is 1. The number of benzene rings is 1. The van der Waals surface area contributed by atoms with Gasteiger partial charge in [-0.1, -0.05) is 6.07 Å². The van der Waals surface area contributed by atoms with Crippen LogP contribution in [0.1, 0.15) is 16.1 Å². The lowest BCUT2D eigenvalue weighted by Crippen LogP contribution is -2.16. The molecule has 0 unspecified atom stereocenters. The van der Waals surface area contributed by atoms with Crippen molar-refractivity contribution in [3.05, 3.63) is 46.2 Å². The number of amides is 1. The van der Waals surface area contributed by atoms with E-state index in [-0.39, 0.29) is 5.91 Å². The highest BCUT2D eigenvalue weighted by molar-refractivity contribution is 9.10. The van der Waals surface area contributed by atoms with E-state index in [1.165, 1.54) is 0 Å². The number of nitrogens with zero attached hydrogens (tertiary/aromatic N) is 2. The van der Waals surface area contributed by atoms with E-state index in [4.69, 9.17) is 4.74 Å². The Balaban J connectivity index is 2.07. The fraction of sp³-hybridized carbons (Fsp3) is 0.267. The van der Waals surface area contributed by atoms with E-state index in [0.717, 1.165) is 10.0 Å². The number of aryl methyl sites for hydroxylation is 1. The molecule has 0 saturated carbocycles. The summed E-state index contributed by atoms with van der Waals surface area (Å²) in [5, 5.41) is 5.81. The molecule has 0 aliphatic carbocycles. The molecule has 1 amide bonds. The molecule has 0 bridgehead atoms. The minimum Gasteiger partial charge on any atom is -0.383 e. The minimum atomic E-state index is -0.290. The van der Waals surface area contributed by atoms with Crippen LogP contribution in [0.15, 0.2) is 34.9 Å². The van der Waals surface area contributed by atoms with Gasteiger partial charge in [0.25, 0.3) is 5.91 Å². The second kappa shape index (κ2) is 7.86. The Bertz CT molecular complexity index is 664. The van der Waals surface area contributed by atoms with E-state index in [2.05, 4.69) is 36.5 Å². The van der Waals surface area contributed by atoms with E-state index in [0.29, 0.717) is 30.5 Å². The third-order valence-corrected chi connectivity index (χ3v) is 3.51. The number of carbonyl (C=O) groups is 1. The Hall–Kier alpha value is -1.99. The van der Waals surface area contributed by atoms with Gasteiger partial charge < -0.3 is 15.4 Å². The number of hydrogen-bond acceptors (Lipinski definition) is 5. The lowest BCUT2D eigenvalue weighted by Gasteiger charge is -2.09. The third-order valence-electron chi connectivity index (χ3n) is 2.85. The molecule has 0 saturated heterocycles. The van der Waals surface area contributed by atoms with Crippen LogP contribution in [0.25, 0.3) is 0 Å². The molecule has 0 fully saturated rings. The molecular formula is C15H17BrN4O2. The predicted octanol–water partition coefficient (Wildman–Crippen LogP) is 2.86. The molecule has 7 heteroatoms. The zero-order valence-corrected chi connectivity index (χ0v) is 14.0. The van der Waals surface area contributed by atoms with Gasteiger partial charge in [-0.2, -0.15) is 0 Å². The van der Waals surface area contributed by atoms with Crippen LogP contribution in [0.2, 0.25) is 0 Å². The van der Waals surface area contributed by atoms with Crippen molar-refractivity contribution in [3.8, 4) is 0 Å². The van der Waals surface area contributed by atoms with Crippen molar-refractivity contribution in [2.24, 2.45) is 0 Å². The van der Waals surface area contributed by atoms with E-state index in [9.17, 15) is 4.79 Å². The van der Waals surface area contributed by atoms with Crippen molar-refractivity contribution >= 4 is 33.5 Å². The lowest BCUT2D eigenvalue weighted by atomic mass is 10.2. The second-order valence-electron chi connectivity index (χ2n) is 4.62. The highest BCUT2D eigenvalue weighted by atomic mass is 79.9. The molecule has 0 aliphatic rings. The zero-order valence-electron chi connectivity index (χ0n) is 12.4. The summed E-state index contributed by atoms with van der Waals surface area (Å²) in [6, 6.07) is 7.28. The smallest absolute Gasteiger partial charge is 0.274 e. The molecule has 6 nitrogen and oxygen atoms in total. The maximum Gasteiger partial charge on any atom is 0.274 e. The highest BCUT2D eigenvalue weighted by Crippen LogP contribution is 2.23. The van der Waals surface area contributed by atoms with E-state index >= 15 is 0 Å². The molecule has 2 rings (SSSR count).